The maximum Gasteiger partial charge on any atom is 0.319 e. The van der Waals surface area contributed by atoms with Gasteiger partial charge in [-0.2, -0.15) is 0 Å². The normalized spacial score (nSPS) is 10.6. The molecule has 0 bridgehead atoms. The van der Waals surface area contributed by atoms with Gasteiger partial charge in [-0.15, -0.1) is 10.2 Å². The number of carbonyl (C=O) groups excluding carboxylic acids is 2. The van der Waals surface area contributed by atoms with Crippen LogP contribution in [0.2, 0.25) is 0 Å². The zero-order valence-electron chi connectivity index (χ0n) is 16.1. The van der Waals surface area contributed by atoms with Crippen molar-refractivity contribution in [3.8, 4) is 11.6 Å². The van der Waals surface area contributed by atoms with E-state index in [0.29, 0.717) is 41.2 Å². The van der Waals surface area contributed by atoms with Crippen molar-refractivity contribution in [2.45, 2.75) is 25.5 Å². The number of urea groups is 1. The van der Waals surface area contributed by atoms with E-state index in [9.17, 15) is 9.59 Å². The topological polar surface area (TPSA) is 114 Å². The molecule has 0 saturated carbocycles. The maximum absolute atomic E-state index is 12.3. The number of benzene rings is 1. The van der Waals surface area contributed by atoms with Gasteiger partial charge in [0.25, 0.3) is 0 Å². The summed E-state index contributed by atoms with van der Waals surface area (Å²) in [6.45, 7) is 5.00. The van der Waals surface area contributed by atoms with Crippen LogP contribution in [-0.2, 0) is 11.3 Å². The molecule has 0 radical (unpaired) electrons. The lowest BCUT2D eigenvalue weighted by Crippen LogP contribution is -2.28. The molecular formula is C19H22N6O3S. The summed E-state index contributed by atoms with van der Waals surface area (Å²) in [4.78, 5) is 24.0. The molecule has 0 saturated heterocycles. The van der Waals surface area contributed by atoms with E-state index in [1.54, 1.807) is 36.6 Å². The minimum absolute atomic E-state index is 0.171. The highest BCUT2D eigenvalue weighted by Gasteiger charge is 2.16. The van der Waals surface area contributed by atoms with E-state index in [-0.39, 0.29) is 17.7 Å². The van der Waals surface area contributed by atoms with Crippen LogP contribution in [0, 0.1) is 0 Å². The number of hydrogen-bond donors (Lipinski definition) is 3. The second kappa shape index (κ2) is 9.78. The fourth-order valence-corrected chi connectivity index (χ4v) is 3.41. The van der Waals surface area contributed by atoms with Crippen LogP contribution in [0.1, 0.15) is 13.8 Å². The number of nitrogens with zero attached hydrogens (tertiary/aromatic N) is 3. The van der Waals surface area contributed by atoms with Gasteiger partial charge in [-0.1, -0.05) is 17.8 Å². The summed E-state index contributed by atoms with van der Waals surface area (Å²) in [6, 6.07) is 10.3. The van der Waals surface area contributed by atoms with Gasteiger partial charge in [0, 0.05) is 24.5 Å². The number of thioether (sulfide) groups is 1. The van der Waals surface area contributed by atoms with Gasteiger partial charge in [-0.3, -0.25) is 9.36 Å². The molecule has 0 unspecified atom stereocenters. The third-order valence-electron chi connectivity index (χ3n) is 3.85. The summed E-state index contributed by atoms with van der Waals surface area (Å²) >= 11 is 1.29. The van der Waals surface area contributed by atoms with E-state index in [0.717, 1.165) is 0 Å². The van der Waals surface area contributed by atoms with Crippen LogP contribution >= 0.6 is 11.8 Å². The Labute approximate surface area is 172 Å². The second-order valence-electron chi connectivity index (χ2n) is 5.93. The Kier molecular flexibility index (Phi) is 6.90. The molecular weight excluding hydrogens is 392 g/mol. The van der Waals surface area contributed by atoms with Crippen molar-refractivity contribution in [2.75, 3.05) is 22.9 Å². The van der Waals surface area contributed by atoms with Crippen molar-refractivity contribution in [3.63, 3.8) is 0 Å². The minimum Gasteiger partial charge on any atom is -0.461 e. The van der Waals surface area contributed by atoms with E-state index in [4.69, 9.17) is 4.42 Å². The highest BCUT2D eigenvalue weighted by Crippen LogP contribution is 2.24. The standard InChI is InChI=1S/C19H22N6O3S/c1-3-20-18(27)22-14-8-5-7-13(11-14)21-16(26)12-29-19-24-23-17(25(19)4-2)15-9-6-10-28-15/h5-11H,3-4,12H2,1-2H3,(H,21,26)(H2,20,22,27). The lowest BCUT2D eigenvalue weighted by atomic mass is 10.3. The molecule has 2 heterocycles. The Morgan fingerprint density at radius 3 is 2.59 bits per heavy atom. The molecule has 0 spiro atoms. The smallest absolute Gasteiger partial charge is 0.319 e. The SMILES string of the molecule is CCNC(=O)Nc1cccc(NC(=O)CSc2nnc(-c3ccco3)n2CC)c1. The summed E-state index contributed by atoms with van der Waals surface area (Å²) in [6.07, 6.45) is 1.58. The van der Waals surface area contributed by atoms with Crippen molar-refractivity contribution in [1.82, 2.24) is 20.1 Å². The predicted octanol–water partition coefficient (Wildman–Crippen LogP) is 3.43. The van der Waals surface area contributed by atoms with E-state index in [1.807, 2.05) is 24.5 Å². The summed E-state index contributed by atoms with van der Waals surface area (Å²) in [5.41, 5.74) is 1.19. The van der Waals surface area contributed by atoms with Gasteiger partial charge in [0.2, 0.25) is 5.91 Å². The number of aromatic nitrogens is 3. The van der Waals surface area contributed by atoms with Gasteiger partial charge in [0.1, 0.15) is 0 Å². The Morgan fingerprint density at radius 2 is 1.90 bits per heavy atom. The van der Waals surface area contributed by atoms with Crippen LogP contribution in [0.4, 0.5) is 16.2 Å². The van der Waals surface area contributed by atoms with Crippen LogP contribution < -0.4 is 16.0 Å². The van der Waals surface area contributed by atoms with E-state index < -0.39 is 0 Å². The number of hydrogen-bond acceptors (Lipinski definition) is 6. The molecule has 9 nitrogen and oxygen atoms in total. The molecule has 152 valence electrons. The number of amides is 3. The highest BCUT2D eigenvalue weighted by atomic mass is 32.2. The molecule has 0 fully saturated rings. The van der Waals surface area contributed by atoms with Crippen molar-refractivity contribution in [2.24, 2.45) is 0 Å². The quantitative estimate of drug-likeness (QED) is 0.487. The molecule has 0 aliphatic carbocycles. The zero-order chi connectivity index (χ0) is 20.6. The van der Waals surface area contributed by atoms with Crippen molar-refractivity contribution >= 4 is 35.1 Å². The molecule has 3 N–H and O–H groups in total. The first-order valence-corrected chi connectivity index (χ1v) is 10.1. The van der Waals surface area contributed by atoms with Crippen LogP contribution in [0.3, 0.4) is 0 Å². The summed E-state index contributed by atoms with van der Waals surface area (Å²) in [7, 11) is 0. The van der Waals surface area contributed by atoms with Crippen molar-refractivity contribution < 1.29 is 14.0 Å². The lowest BCUT2D eigenvalue weighted by molar-refractivity contribution is -0.113. The third kappa shape index (κ3) is 5.38. The van der Waals surface area contributed by atoms with Crippen LogP contribution in [0.15, 0.2) is 52.2 Å². The van der Waals surface area contributed by atoms with Crippen molar-refractivity contribution in [1.29, 1.82) is 0 Å². The van der Waals surface area contributed by atoms with Gasteiger partial charge in [0.15, 0.2) is 16.7 Å². The number of rotatable bonds is 8. The molecule has 29 heavy (non-hydrogen) atoms. The number of furan rings is 1. The fourth-order valence-electron chi connectivity index (χ4n) is 2.61. The first kappa shape index (κ1) is 20.5. The highest BCUT2D eigenvalue weighted by molar-refractivity contribution is 7.99. The van der Waals surface area contributed by atoms with Crippen LogP contribution in [0.25, 0.3) is 11.6 Å². The van der Waals surface area contributed by atoms with E-state index in [1.165, 1.54) is 11.8 Å². The number of carbonyl (C=O) groups is 2. The first-order valence-electron chi connectivity index (χ1n) is 9.15. The number of anilines is 2. The minimum atomic E-state index is -0.294. The van der Waals surface area contributed by atoms with Gasteiger partial charge in [0.05, 0.1) is 12.0 Å². The fraction of sp³-hybridized carbons (Fsp3) is 0.263. The Morgan fingerprint density at radius 1 is 1.10 bits per heavy atom. The summed E-state index contributed by atoms with van der Waals surface area (Å²) in [5, 5.41) is 17.2. The van der Waals surface area contributed by atoms with Gasteiger partial charge in [-0.25, -0.2) is 4.79 Å². The average molecular weight is 414 g/mol. The van der Waals surface area contributed by atoms with Gasteiger partial charge >= 0.3 is 6.03 Å². The van der Waals surface area contributed by atoms with E-state index in [2.05, 4.69) is 26.1 Å². The lowest BCUT2D eigenvalue weighted by Gasteiger charge is -2.09. The second-order valence-corrected chi connectivity index (χ2v) is 6.87. The Bertz CT molecular complexity index is 970. The summed E-state index contributed by atoms with van der Waals surface area (Å²) < 4.78 is 7.28. The maximum atomic E-state index is 12.3. The summed E-state index contributed by atoms with van der Waals surface area (Å²) in [5.74, 6) is 1.25. The molecule has 3 amide bonds. The molecule has 2 aromatic heterocycles. The molecule has 10 heteroatoms. The third-order valence-corrected chi connectivity index (χ3v) is 4.82. The largest absolute Gasteiger partial charge is 0.461 e. The van der Waals surface area contributed by atoms with E-state index >= 15 is 0 Å². The first-order chi connectivity index (χ1) is 14.1. The molecule has 0 aliphatic rings. The van der Waals surface area contributed by atoms with Crippen LogP contribution in [0.5, 0.6) is 0 Å². The van der Waals surface area contributed by atoms with Gasteiger partial charge < -0.3 is 20.4 Å². The van der Waals surface area contributed by atoms with Crippen molar-refractivity contribution in [3.05, 3.63) is 42.7 Å². The molecule has 3 aromatic rings. The Hall–Kier alpha value is -3.27. The van der Waals surface area contributed by atoms with Gasteiger partial charge in [-0.05, 0) is 44.2 Å². The molecule has 0 atom stereocenters. The monoisotopic (exact) mass is 414 g/mol. The number of nitrogens with one attached hydrogen (secondary N) is 3. The molecule has 0 aliphatic heterocycles. The Balaban J connectivity index is 1.59. The predicted molar refractivity (Wildman–Crippen MR) is 112 cm³/mol. The van der Waals surface area contributed by atoms with Crippen LogP contribution in [-0.4, -0.2) is 39.0 Å². The molecule has 3 rings (SSSR count). The average Bonchev–Trinajstić information content (AvgIpc) is 3.36. The zero-order valence-corrected chi connectivity index (χ0v) is 17.0. The molecule has 1 aromatic carbocycles.